The van der Waals surface area contributed by atoms with Gasteiger partial charge in [-0.15, -0.1) is 0 Å². The highest BCUT2D eigenvalue weighted by molar-refractivity contribution is 5.28. The molecule has 0 unspecified atom stereocenters. The number of benzene rings is 1. The van der Waals surface area contributed by atoms with E-state index in [9.17, 15) is 0 Å². The van der Waals surface area contributed by atoms with Gasteiger partial charge in [0.15, 0.2) is 0 Å². The summed E-state index contributed by atoms with van der Waals surface area (Å²) in [7, 11) is 0. The highest BCUT2D eigenvalue weighted by Gasteiger charge is 2.20. The third-order valence-corrected chi connectivity index (χ3v) is 6.69. The highest BCUT2D eigenvalue weighted by atomic mass is 14.3. The Balaban J connectivity index is 0.000000989. The van der Waals surface area contributed by atoms with Crippen LogP contribution in [0.4, 0.5) is 0 Å². The fraction of sp³-hybridized carbons (Fsp3) is 0.655. The van der Waals surface area contributed by atoms with E-state index >= 15 is 0 Å². The van der Waals surface area contributed by atoms with Crippen molar-refractivity contribution >= 4 is 0 Å². The Morgan fingerprint density at radius 1 is 0.793 bits per heavy atom. The molecule has 2 fully saturated rings. The van der Waals surface area contributed by atoms with E-state index in [1.54, 1.807) is 5.56 Å². The first kappa shape index (κ1) is 25.7. The molecule has 29 heavy (non-hydrogen) atoms. The van der Waals surface area contributed by atoms with Crippen molar-refractivity contribution in [1.82, 2.24) is 0 Å². The molecule has 3 rings (SSSR count). The van der Waals surface area contributed by atoms with E-state index in [0.717, 1.165) is 30.1 Å². The van der Waals surface area contributed by atoms with Crippen molar-refractivity contribution in [1.29, 1.82) is 0 Å². The molecule has 0 N–H and O–H groups in total. The minimum atomic E-state index is 0.725. The van der Waals surface area contributed by atoms with Crippen molar-refractivity contribution in [2.45, 2.75) is 105 Å². The molecule has 0 spiro atoms. The van der Waals surface area contributed by atoms with Crippen molar-refractivity contribution in [2.24, 2.45) is 17.8 Å². The normalized spacial score (nSPS) is 26.7. The Morgan fingerprint density at radius 2 is 1.28 bits per heavy atom. The molecule has 0 nitrogen and oxygen atoms in total. The van der Waals surface area contributed by atoms with Gasteiger partial charge in [0.1, 0.15) is 0 Å². The molecular formula is C29H48. The Labute approximate surface area is 182 Å². The summed E-state index contributed by atoms with van der Waals surface area (Å²) in [6.45, 7) is 17.1. The van der Waals surface area contributed by atoms with Gasteiger partial charge >= 0.3 is 0 Å². The second kappa shape index (κ2) is 14.6. The summed E-state index contributed by atoms with van der Waals surface area (Å²) in [6, 6.07) is 9.42. The molecular weight excluding hydrogens is 348 g/mol. The fourth-order valence-corrected chi connectivity index (χ4v) is 4.63. The van der Waals surface area contributed by atoms with Gasteiger partial charge in [-0.2, -0.15) is 0 Å². The van der Waals surface area contributed by atoms with E-state index in [1.807, 2.05) is 27.7 Å². The SMILES string of the molecule is C=C(/C=C\Cc1ccc(C2CCC(C)CC2)cc1)C1CCC(C)CC1.CC.CC. The molecule has 1 aromatic carbocycles. The van der Waals surface area contributed by atoms with Crippen LogP contribution in [0, 0.1) is 17.8 Å². The van der Waals surface area contributed by atoms with Gasteiger partial charge in [-0.3, -0.25) is 0 Å². The lowest BCUT2D eigenvalue weighted by Gasteiger charge is -2.26. The standard InChI is InChI=1S/C25H36.2C2H6/c1-19-7-13-23(14-8-19)21(3)5-4-6-22-11-17-25(18-12-22)24-15-9-20(2)10-16-24;2*1-2/h4-5,11-12,17-20,23-24H,3,6-10,13-16H2,1-2H3;2*1-2H3/b5-4-;;. The van der Waals surface area contributed by atoms with E-state index in [-0.39, 0.29) is 0 Å². The largest absolute Gasteiger partial charge is 0.0956 e. The minimum absolute atomic E-state index is 0.725. The summed E-state index contributed by atoms with van der Waals surface area (Å²) >= 11 is 0. The van der Waals surface area contributed by atoms with Crippen LogP contribution in [0.5, 0.6) is 0 Å². The highest BCUT2D eigenvalue weighted by Crippen LogP contribution is 2.35. The van der Waals surface area contributed by atoms with Crippen molar-refractivity contribution < 1.29 is 0 Å². The monoisotopic (exact) mass is 396 g/mol. The van der Waals surface area contributed by atoms with Crippen molar-refractivity contribution in [2.75, 3.05) is 0 Å². The molecule has 0 amide bonds. The molecule has 0 heterocycles. The first-order valence-corrected chi connectivity index (χ1v) is 12.6. The molecule has 0 aliphatic heterocycles. The topological polar surface area (TPSA) is 0 Å². The molecule has 0 atom stereocenters. The van der Waals surface area contributed by atoms with Gasteiger partial charge in [-0.05, 0) is 66.9 Å². The third kappa shape index (κ3) is 8.93. The van der Waals surface area contributed by atoms with Crippen LogP contribution in [0.3, 0.4) is 0 Å². The first-order chi connectivity index (χ1) is 14.1. The molecule has 1 aromatic rings. The maximum absolute atomic E-state index is 4.33. The molecule has 164 valence electrons. The molecule has 0 heteroatoms. The molecule has 2 aliphatic rings. The number of hydrogen-bond acceptors (Lipinski definition) is 0. The predicted molar refractivity (Wildman–Crippen MR) is 133 cm³/mol. The summed E-state index contributed by atoms with van der Waals surface area (Å²) in [5, 5.41) is 0. The van der Waals surface area contributed by atoms with Crippen LogP contribution in [0.25, 0.3) is 0 Å². The molecule has 0 radical (unpaired) electrons. The van der Waals surface area contributed by atoms with Crippen LogP contribution >= 0.6 is 0 Å². The Bertz CT molecular complexity index is 561. The van der Waals surface area contributed by atoms with Gasteiger partial charge in [0.25, 0.3) is 0 Å². The summed E-state index contributed by atoms with van der Waals surface area (Å²) in [5.74, 6) is 3.37. The van der Waals surface area contributed by atoms with Gasteiger partial charge in [0, 0.05) is 0 Å². The van der Waals surface area contributed by atoms with Crippen LogP contribution < -0.4 is 0 Å². The fourth-order valence-electron chi connectivity index (χ4n) is 4.63. The number of allylic oxidation sites excluding steroid dienone is 3. The van der Waals surface area contributed by atoms with Crippen molar-refractivity contribution in [3.8, 4) is 0 Å². The van der Waals surface area contributed by atoms with Gasteiger partial charge in [-0.1, -0.05) is 116 Å². The molecule has 2 saturated carbocycles. The Morgan fingerprint density at radius 3 is 1.79 bits per heavy atom. The maximum Gasteiger partial charge on any atom is -0.00942 e. The Hall–Kier alpha value is -1.30. The second-order valence-corrected chi connectivity index (χ2v) is 8.84. The van der Waals surface area contributed by atoms with Gasteiger partial charge in [-0.25, -0.2) is 0 Å². The third-order valence-electron chi connectivity index (χ3n) is 6.69. The molecule has 0 bridgehead atoms. The van der Waals surface area contributed by atoms with E-state index < -0.39 is 0 Å². The van der Waals surface area contributed by atoms with Gasteiger partial charge in [0.05, 0.1) is 0 Å². The zero-order chi connectivity index (χ0) is 21.6. The van der Waals surface area contributed by atoms with Crippen LogP contribution in [0.2, 0.25) is 0 Å². The maximum atomic E-state index is 4.33. The zero-order valence-corrected chi connectivity index (χ0v) is 20.3. The molecule has 0 saturated heterocycles. The quantitative estimate of drug-likeness (QED) is 0.435. The van der Waals surface area contributed by atoms with Gasteiger partial charge < -0.3 is 0 Å². The van der Waals surface area contributed by atoms with Crippen molar-refractivity contribution in [3.63, 3.8) is 0 Å². The van der Waals surface area contributed by atoms with E-state index in [2.05, 4.69) is 56.8 Å². The lowest BCUT2D eigenvalue weighted by atomic mass is 9.79. The van der Waals surface area contributed by atoms with Crippen LogP contribution in [0.1, 0.15) is 110 Å². The lowest BCUT2D eigenvalue weighted by Crippen LogP contribution is -2.13. The molecule has 0 aromatic heterocycles. The summed E-state index contributed by atoms with van der Waals surface area (Å²) in [5.41, 5.74) is 4.33. The van der Waals surface area contributed by atoms with Gasteiger partial charge in [0.2, 0.25) is 0 Å². The number of hydrogen-bond donors (Lipinski definition) is 0. The Kier molecular flexibility index (Phi) is 13.0. The predicted octanol–water partition coefficient (Wildman–Crippen LogP) is 9.51. The minimum Gasteiger partial charge on any atom is -0.0956 e. The smallest absolute Gasteiger partial charge is 0.00942 e. The van der Waals surface area contributed by atoms with Crippen LogP contribution in [-0.2, 0) is 6.42 Å². The zero-order valence-electron chi connectivity index (χ0n) is 20.3. The average Bonchev–Trinajstić information content (AvgIpc) is 2.78. The summed E-state index contributed by atoms with van der Waals surface area (Å²) < 4.78 is 0. The number of rotatable bonds is 5. The second-order valence-electron chi connectivity index (χ2n) is 8.84. The lowest BCUT2D eigenvalue weighted by molar-refractivity contribution is 0.324. The van der Waals surface area contributed by atoms with Crippen molar-refractivity contribution in [3.05, 3.63) is 59.7 Å². The van der Waals surface area contributed by atoms with Crippen LogP contribution in [0.15, 0.2) is 48.6 Å². The summed E-state index contributed by atoms with van der Waals surface area (Å²) in [4.78, 5) is 0. The first-order valence-electron chi connectivity index (χ1n) is 12.6. The molecule has 2 aliphatic carbocycles. The van der Waals surface area contributed by atoms with E-state index in [1.165, 1.54) is 62.5 Å². The average molecular weight is 397 g/mol. The van der Waals surface area contributed by atoms with Crippen LogP contribution in [-0.4, -0.2) is 0 Å². The summed E-state index contributed by atoms with van der Waals surface area (Å²) in [6.07, 6.45) is 16.6. The van der Waals surface area contributed by atoms with E-state index in [4.69, 9.17) is 0 Å². The van der Waals surface area contributed by atoms with E-state index in [0.29, 0.717) is 0 Å².